The highest BCUT2D eigenvalue weighted by atomic mass is 32.1. The summed E-state index contributed by atoms with van der Waals surface area (Å²) < 4.78 is 15.8. The number of esters is 1. The Morgan fingerprint density at radius 2 is 1.71 bits per heavy atom. The Morgan fingerprint density at radius 1 is 0.929 bits per heavy atom. The van der Waals surface area contributed by atoms with Crippen molar-refractivity contribution in [1.29, 1.82) is 0 Å². The minimum atomic E-state index is -0.439. The Labute approximate surface area is 166 Å². The molecule has 0 aliphatic rings. The number of thiophene rings is 1. The van der Waals surface area contributed by atoms with Gasteiger partial charge in [0.25, 0.3) is 0 Å². The highest BCUT2D eigenvalue weighted by Gasteiger charge is 2.13. The van der Waals surface area contributed by atoms with Crippen molar-refractivity contribution in [3.63, 3.8) is 0 Å². The van der Waals surface area contributed by atoms with Gasteiger partial charge in [0.05, 0.1) is 14.2 Å². The van der Waals surface area contributed by atoms with Crippen LogP contribution in [-0.2, 0) is 0 Å². The minimum Gasteiger partial charge on any atom is -0.497 e. The molecule has 0 unspecified atom stereocenters. The second-order valence-electron chi connectivity index (χ2n) is 5.70. The van der Waals surface area contributed by atoms with Gasteiger partial charge in [-0.05, 0) is 59.5 Å². The van der Waals surface area contributed by atoms with E-state index in [1.165, 1.54) is 24.5 Å². The van der Waals surface area contributed by atoms with Gasteiger partial charge in [-0.2, -0.15) is 0 Å². The summed E-state index contributed by atoms with van der Waals surface area (Å²) in [6.45, 7) is 0. The molecule has 0 amide bonds. The average Bonchev–Trinajstić information content (AvgIpc) is 3.28. The van der Waals surface area contributed by atoms with Crippen LogP contribution in [-0.4, -0.2) is 26.0 Å². The molecule has 3 aromatic rings. The van der Waals surface area contributed by atoms with Crippen molar-refractivity contribution in [3.05, 3.63) is 82.1 Å². The molecule has 5 nitrogen and oxygen atoms in total. The predicted octanol–water partition coefficient (Wildman–Crippen LogP) is 4.88. The first-order chi connectivity index (χ1) is 13.6. The molecule has 1 aromatic heterocycles. The second-order valence-corrected chi connectivity index (χ2v) is 6.65. The maximum absolute atomic E-state index is 12.3. The number of methoxy groups -OCH3 is 2. The zero-order valence-electron chi connectivity index (χ0n) is 15.4. The lowest BCUT2D eigenvalue weighted by Crippen LogP contribution is -2.07. The fraction of sp³-hybridized carbons (Fsp3) is 0.0909. The molecule has 2 aromatic carbocycles. The van der Waals surface area contributed by atoms with Crippen LogP contribution in [0.25, 0.3) is 6.08 Å². The van der Waals surface area contributed by atoms with Crippen LogP contribution in [0.3, 0.4) is 0 Å². The van der Waals surface area contributed by atoms with E-state index in [2.05, 4.69) is 0 Å². The van der Waals surface area contributed by atoms with Crippen molar-refractivity contribution < 1.29 is 23.8 Å². The first kappa shape index (κ1) is 19.4. The first-order valence-corrected chi connectivity index (χ1v) is 9.29. The predicted molar refractivity (Wildman–Crippen MR) is 109 cm³/mol. The number of carbonyl (C=O) groups is 2. The van der Waals surface area contributed by atoms with E-state index in [1.54, 1.807) is 67.8 Å². The summed E-state index contributed by atoms with van der Waals surface area (Å²) in [4.78, 5) is 24.9. The van der Waals surface area contributed by atoms with Crippen molar-refractivity contribution in [2.75, 3.05) is 14.2 Å². The Balaban J connectivity index is 1.72. The number of rotatable bonds is 7. The Kier molecular flexibility index (Phi) is 6.24. The minimum absolute atomic E-state index is 0.130. The van der Waals surface area contributed by atoms with E-state index in [4.69, 9.17) is 14.2 Å². The third kappa shape index (κ3) is 4.66. The number of ketones is 1. The molecule has 0 saturated carbocycles. The van der Waals surface area contributed by atoms with E-state index in [0.29, 0.717) is 27.7 Å². The zero-order chi connectivity index (χ0) is 19.9. The molecule has 3 rings (SSSR count). The SMILES string of the molecule is COc1ccc(C(=O)/C=C/c2ccc(OC(=O)c3cccs3)c(OC)c2)cc1. The molecular weight excluding hydrogens is 376 g/mol. The molecule has 0 aliphatic heterocycles. The quantitative estimate of drug-likeness (QED) is 0.247. The fourth-order valence-electron chi connectivity index (χ4n) is 2.44. The van der Waals surface area contributed by atoms with E-state index in [9.17, 15) is 9.59 Å². The van der Waals surface area contributed by atoms with Crippen LogP contribution in [0.15, 0.2) is 66.1 Å². The van der Waals surface area contributed by atoms with Crippen LogP contribution in [0.2, 0.25) is 0 Å². The maximum atomic E-state index is 12.3. The monoisotopic (exact) mass is 394 g/mol. The molecule has 0 atom stereocenters. The van der Waals surface area contributed by atoms with Gasteiger partial charge in [-0.15, -0.1) is 11.3 Å². The average molecular weight is 394 g/mol. The van der Waals surface area contributed by atoms with Gasteiger partial charge >= 0.3 is 5.97 Å². The number of ether oxygens (including phenoxy) is 3. The summed E-state index contributed by atoms with van der Waals surface area (Å²) in [7, 11) is 3.07. The molecule has 0 bridgehead atoms. The number of benzene rings is 2. The molecule has 0 saturated heterocycles. The third-order valence-corrected chi connectivity index (χ3v) is 4.76. The van der Waals surface area contributed by atoms with Gasteiger partial charge in [-0.3, -0.25) is 4.79 Å². The molecule has 28 heavy (non-hydrogen) atoms. The van der Waals surface area contributed by atoms with Gasteiger partial charge in [-0.25, -0.2) is 4.79 Å². The van der Waals surface area contributed by atoms with Crippen molar-refractivity contribution in [2.24, 2.45) is 0 Å². The van der Waals surface area contributed by atoms with Crippen LogP contribution in [0.1, 0.15) is 25.6 Å². The lowest BCUT2D eigenvalue weighted by Gasteiger charge is -2.09. The van der Waals surface area contributed by atoms with Gasteiger partial charge < -0.3 is 14.2 Å². The molecule has 0 fully saturated rings. The van der Waals surface area contributed by atoms with Crippen molar-refractivity contribution in [1.82, 2.24) is 0 Å². The van der Waals surface area contributed by atoms with Crippen molar-refractivity contribution in [3.8, 4) is 17.2 Å². The highest BCUT2D eigenvalue weighted by molar-refractivity contribution is 7.12. The Hall–Kier alpha value is -3.38. The number of hydrogen-bond donors (Lipinski definition) is 0. The smallest absolute Gasteiger partial charge is 0.353 e. The Bertz CT molecular complexity index is 988. The molecule has 0 N–H and O–H groups in total. The topological polar surface area (TPSA) is 61.8 Å². The maximum Gasteiger partial charge on any atom is 0.353 e. The van der Waals surface area contributed by atoms with Crippen LogP contribution < -0.4 is 14.2 Å². The van der Waals surface area contributed by atoms with E-state index in [0.717, 1.165) is 5.56 Å². The standard InChI is InChI=1S/C22H18O5S/c1-25-17-9-7-16(8-10-17)18(23)11-5-15-6-12-19(20(14-15)26-2)27-22(24)21-4-3-13-28-21/h3-14H,1-2H3/b11-5+. The number of allylic oxidation sites excluding steroid dienone is 1. The van der Waals surface area contributed by atoms with Crippen LogP contribution in [0.4, 0.5) is 0 Å². The molecule has 0 spiro atoms. The molecule has 0 radical (unpaired) electrons. The first-order valence-electron chi connectivity index (χ1n) is 8.41. The normalized spacial score (nSPS) is 10.6. The summed E-state index contributed by atoms with van der Waals surface area (Å²) in [6, 6.07) is 15.5. The molecule has 6 heteroatoms. The Morgan fingerprint density at radius 3 is 2.36 bits per heavy atom. The van der Waals surface area contributed by atoms with Gasteiger partial charge in [-0.1, -0.05) is 18.2 Å². The summed E-state index contributed by atoms with van der Waals surface area (Å²) in [5.41, 5.74) is 1.31. The molecule has 1 heterocycles. The second kappa shape index (κ2) is 9.01. The van der Waals surface area contributed by atoms with Crippen LogP contribution in [0, 0.1) is 0 Å². The molecule has 0 aliphatic carbocycles. The van der Waals surface area contributed by atoms with Crippen LogP contribution in [0.5, 0.6) is 17.2 Å². The van der Waals surface area contributed by atoms with Crippen LogP contribution >= 0.6 is 11.3 Å². The largest absolute Gasteiger partial charge is 0.497 e. The van der Waals surface area contributed by atoms with E-state index in [-0.39, 0.29) is 5.78 Å². The van der Waals surface area contributed by atoms with E-state index in [1.807, 2.05) is 5.38 Å². The van der Waals surface area contributed by atoms with E-state index >= 15 is 0 Å². The number of hydrogen-bond acceptors (Lipinski definition) is 6. The van der Waals surface area contributed by atoms with Crippen molar-refractivity contribution >= 4 is 29.2 Å². The number of carbonyl (C=O) groups excluding carboxylic acids is 2. The lowest BCUT2D eigenvalue weighted by atomic mass is 10.1. The summed E-state index contributed by atoms with van der Waals surface area (Å²) >= 11 is 1.31. The summed E-state index contributed by atoms with van der Waals surface area (Å²) in [5.74, 6) is 0.850. The van der Waals surface area contributed by atoms with Gasteiger partial charge in [0, 0.05) is 5.56 Å². The zero-order valence-corrected chi connectivity index (χ0v) is 16.2. The van der Waals surface area contributed by atoms with Gasteiger partial charge in [0.15, 0.2) is 17.3 Å². The fourth-order valence-corrected chi connectivity index (χ4v) is 3.04. The summed E-state index contributed by atoms with van der Waals surface area (Å²) in [5, 5.41) is 1.81. The van der Waals surface area contributed by atoms with E-state index < -0.39 is 5.97 Å². The third-order valence-electron chi connectivity index (χ3n) is 3.91. The van der Waals surface area contributed by atoms with Crippen molar-refractivity contribution in [2.45, 2.75) is 0 Å². The molecule has 142 valence electrons. The molecular formula is C22H18O5S. The van der Waals surface area contributed by atoms with Gasteiger partial charge in [0.1, 0.15) is 10.6 Å². The lowest BCUT2D eigenvalue weighted by molar-refractivity contribution is 0.0734. The van der Waals surface area contributed by atoms with Gasteiger partial charge in [0.2, 0.25) is 0 Å². The highest BCUT2D eigenvalue weighted by Crippen LogP contribution is 2.29. The summed E-state index contributed by atoms with van der Waals surface area (Å²) in [6.07, 6.45) is 3.16.